The summed E-state index contributed by atoms with van der Waals surface area (Å²) in [5.41, 5.74) is 0. The molecule has 0 N–H and O–H groups in total. The van der Waals surface area contributed by atoms with Crippen LogP contribution in [0.5, 0.6) is 0 Å². The van der Waals surface area contributed by atoms with E-state index >= 15 is 0 Å². The second kappa shape index (κ2) is 2.84. The third kappa shape index (κ3) is 2.09. The highest BCUT2D eigenvalue weighted by Gasteiger charge is 2.31. The molecule has 1 radical (unpaired) electrons. The van der Waals surface area contributed by atoms with E-state index in [-0.39, 0.29) is 0 Å². The summed E-state index contributed by atoms with van der Waals surface area (Å²) < 4.78 is 54.2. The van der Waals surface area contributed by atoms with Crippen LogP contribution >= 0.6 is 0 Å². The maximum Gasteiger partial charge on any atom is 0.349 e. The minimum atomic E-state index is -3.61. The maximum atomic E-state index is 11.1. The van der Waals surface area contributed by atoms with Crippen molar-refractivity contribution < 1.29 is 22.0 Å². The van der Waals surface area contributed by atoms with Gasteiger partial charge in [0.2, 0.25) is 6.17 Å². The fourth-order valence-electron chi connectivity index (χ4n) is 0.0952. The maximum absolute atomic E-state index is 11.1. The summed E-state index contributed by atoms with van der Waals surface area (Å²) >= 11 is 0. The van der Waals surface area contributed by atoms with Crippen LogP contribution in [0, 0.1) is 6.43 Å². The molecular weight excluding hydrogens is 131 g/mol. The van der Waals surface area contributed by atoms with Crippen molar-refractivity contribution in [2.45, 2.75) is 12.6 Å². The van der Waals surface area contributed by atoms with Crippen LogP contribution in [0.2, 0.25) is 0 Å². The molecular formula is C3H2F5. The molecule has 1 atom stereocenters. The van der Waals surface area contributed by atoms with Crippen LogP contribution in [0.3, 0.4) is 0 Å². The third-order valence-electron chi connectivity index (χ3n) is 0.430. The predicted molar refractivity (Wildman–Crippen MR) is 16.4 cm³/mol. The average molecular weight is 133 g/mol. The van der Waals surface area contributed by atoms with E-state index in [0.29, 0.717) is 0 Å². The van der Waals surface area contributed by atoms with Crippen molar-refractivity contribution in [1.82, 2.24) is 0 Å². The number of hydrogen-bond donors (Lipinski definition) is 0. The molecule has 0 aromatic heterocycles. The molecule has 8 heavy (non-hydrogen) atoms. The van der Waals surface area contributed by atoms with Gasteiger partial charge in [0.25, 0.3) is 6.43 Å². The zero-order valence-electron chi connectivity index (χ0n) is 3.54. The first-order chi connectivity index (χ1) is 3.55. The summed E-state index contributed by atoms with van der Waals surface area (Å²) in [5, 5.41) is 0. The van der Waals surface area contributed by atoms with Gasteiger partial charge in [-0.2, -0.15) is 8.78 Å². The molecule has 0 heterocycles. The van der Waals surface area contributed by atoms with Gasteiger partial charge in [0.15, 0.2) is 0 Å². The van der Waals surface area contributed by atoms with Gasteiger partial charge in [-0.25, -0.2) is 13.2 Å². The van der Waals surface area contributed by atoms with Crippen molar-refractivity contribution in [1.29, 1.82) is 0 Å². The Balaban J connectivity index is 3.46. The Labute approximate surface area is 42.3 Å². The smallest absolute Gasteiger partial charge is 0.234 e. The van der Waals surface area contributed by atoms with Gasteiger partial charge in [0.05, 0.1) is 0 Å². The van der Waals surface area contributed by atoms with Crippen LogP contribution in [0.15, 0.2) is 0 Å². The summed E-state index contributed by atoms with van der Waals surface area (Å²) in [6.45, 7) is 0. The van der Waals surface area contributed by atoms with E-state index in [1.807, 2.05) is 0 Å². The Kier molecular flexibility index (Phi) is 2.71. The lowest BCUT2D eigenvalue weighted by atomic mass is 10.4. The molecule has 0 saturated carbocycles. The lowest BCUT2D eigenvalue weighted by Gasteiger charge is -2.00. The zero-order chi connectivity index (χ0) is 6.73. The SMILES string of the molecule is F[C](F)C(F)C(F)F. The second-order valence-corrected chi connectivity index (χ2v) is 1.03. The lowest BCUT2D eigenvalue weighted by molar-refractivity contribution is 0.00967. The molecule has 0 aliphatic rings. The summed E-state index contributed by atoms with van der Waals surface area (Å²) in [5.74, 6) is 0. The van der Waals surface area contributed by atoms with Gasteiger partial charge >= 0.3 is 6.43 Å². The Morgan fingerprint density at radius 2 is 1.38 bits per heavy atom. The summed E-state index contributed by atoms with van der Waals surface area (Å²) in [7, 11) is 0. The quantitative estimate of drug-likeness (QED) is 0.505. The molecule has 0 rings (SSSR count). The first kappa shape index (κ1) is 7.65. The van der Waals surface area contributed by atoms with Gasteiger partial charge in [-0.15, -0.1) is 0 Å². The summed E-state index contributed by atoms with van der Waals surface area (Å²) in [6, 6.07) is 0. The predicted octanol–water partition coefficient (Wildman–Crippen LogP) is 2.02. The fourth-order valence-corrected chi connectivity index (χ4v) is 0.0952. The largest absolute Gasteiger partial charge is 0.349 e. The molecule has 5 heteroatoms. The molecule has 0 aromatic rings. The van der Waals surface area contributed by atoms with E-state index in [1.54, 1.807) is 0 Å². The van der Waals surface area contributed by atoms with Crippen molar-refractivity contribution in [2.75, 3.05) is 0 Å². The van der Waals surface area contributed by atoms with E-state index < -0.39 is 19.0 Å². The molecule has 0 fully saturated rings. The minimum absolute atomic E-state index is 2.87. The van der Waals surface area contributed by atoms with Crippen molar-refractivity contribution in [3.63, 3.8) is 0 Å². The third-order valence-corrected chi connectivity index (χ3v) is 0.430. The molecule has 0 aliphatic heterocycles. The van der Waals surface area contributed by atoms with Crippen LogP contribution in [0.1, 0.15) is 0 Å². The topological polar surface area (TPSA) is 0 Å². The van der Waals surface area contributed by atoms with E-state index in [2.05, 4.69) is 0 Å². The van der Waals surface area contributed by atoms with Gasteiger partial charge in [0.1, 0.15) is 0 Å². The molecule has 0 nitrogen and oxygen atoms in total. The van der Waals surface area contributed by atoms with Crippen molar-refractivity contribution in [3.05, 3.63) is 6.43 Å². The van der Waals surface area contributed by atoms with E-state index in [1.165, 1.54) is 0 Å². The molecule has 0 saturated heterocycles. The van der Waals surface area contributed by atoms with E-state index in [9.17, 15) is 22.0 Å². The fraction of sp³-hybridized carbons (Fsp3) is 0.667. The Morgan fingerprint density at radius 3 is 1.38 bits per heavy atom. The van der Waals surface area contributed by atoms with Crippen LogP contribution in [-0.2, 0) is 0 Å². The highest BCUT2D eigenvalue weighted by molar-refractivity contribution is 4.75. The molecule has 0 spiro atoms. The normalized spacial score (nSPS) is 12.0. The van der Waals surface area contributed by atoms with E-state index in [0.717, 1.165) is 0 Å². The van der Waals surface area contributed by atoms with Crippen LogP contribution in [-0.4, -0.2) is 12.6 Å². The number of hydrogen-bond acceptors (Lipinski definition) is 0. The average Bonchev–Trinajstić information content (AvgIpc) is 1.64. The Bertz CT molecular complexity index is 52.7. The standard InChI is InChI=1S/C3H2F5/c4-1(2(5)6)3(7)8/h1-2H. The molecule has 0 aliphatic carbocycles. The highest BCUT2D eigenvalue weighted by Crippen LogP contribution is 2.19. The number of halogens is 5. The van der Waals surface area contributed by atoms with Crippen LogP contribution in [0.25, 0.3) is 0 Å². The zero-order valence-corrected chi connectivity index (χ0v) is 3.54. The van der Waals surface area contributed by atoms with E-state index in [4.69, 9.17) is 0 Å². The second-order valence-electron chi connectivity index (χ2n) is 1.03. The molecule has 0 bridgehead atoms. The number of alkyl halides is 3. The molecule has 0 aromatic carbocycles. The van der Waals surface area contributed by atoms with Crippen molar-refractivity contribution in [2.24, 2.45) is 0 Å². The first-order valence-electron chi connectivity index (χ1n) is 1.65. The summed E-state index contributed by atoms with van der Waals surface area (Å²) in [4.78, 5) is 0. The molecule has 0 amide bonds. The van der Waals surface area contributed by atoms with Gasteiger partial charge in [-0.05, 0) is 0 Å². The minimum Gasteiger partial charge on any atom is -0.234 e. The number of rotatable bonds is 2. The summed E-state index contributed by atoms with van der Waals surface area (Å²) in [6.07, 6.45) is -9.87. The van der Waals surface area contributed by atoms with Gasteiger partial charge in [-0.3, -0.25) is 0 Å². The monoisotopic (exact) mass is 133 g/mol. The lowest BCUT2D eigenvalue weighted by Crippen LogP contribution is -2.14. The first-order valence-corrected chi connectivity index (χ1v) is 1.65. The Hall–Kier alpha value is -0.350. The van der Waals surface area contributed by atoms with Crippen LogP contribution < -0.4 is 0 Å². The molecule has 49 valence electrons. The highest BCUT2D eigenvalue weighted by atomic mass is 19.3. The van der Waals surface area contributed by atoms with Gasteiger partial charge in [-0.1, -0.05) is 0 Å². The van der Waals surface area contributed by atoms with Gasteiger partial charge in [0, 0.05) is 0 Å². The molecule has 1 unspecified atom stereocenters. The van der Waals surface area contributed by atoms with Crippen molar-refractivity contribution in [3.8, 4) is 0 Å². The van der Waals surface area contributed by atoms with Crippen LogP contribution in [0.4, 0.5) is 22.0 Å². The van der Waals surface area contributed by atoms with Crippen molar-refractivity contribution >= 4 is 0 Å². The van der Waals surface area contributed by atoms with Gasteiger partial charge < -0.3 is 0 Å². The Morgan fingerprint density at radius 1 is 1.00 bits per heavy atom.